The lowest BCUT2D eigenvalue weighted by molar-refractivity contribution is -0.135. The lowest BCUT2D eigenvalue weighted by Gasteiger charge is -2.56. The van der Waals surface area contributed by atoms with Crippen LogP contribution in [0.1, 0.15) is 57.8 Å². The Morgan fingerprint density at radius 2 is 1.46 bits per heavy atom. The Morgan fingerprint density at radius 3 is 2.00 bits per heavy atom. The van der Waals surface area contributed by atoms with Gasteiger partial charge in [-0.05, 0) is 99.5 Å². The Kier molecular flexibility index (Phi) is 5.95. The van der Waals surface area contributed by atoms with E-state index >= 15 is 0 Å². The van der Waals surface area contributed by atoms with Crippen LogP contribution in [0.2, 0.25) is 0 Å². The van der Waals surface area contributed by atoms with Crippen LogP contribution in [0.3, 0.4) is 0 Å². The lowest BCUT2D eigenvalue weighted by atomic mass is 9.49. The summed E-state index contributed by atoms with van der Waals surface area (Å²) < 4.78 is 0. The van der Waals surface area contributed by atoms with Gasteiger partial charge in [-0.3, -0.25) is 9.59 Å². The normalized spacial score (nSPS) is 41.1. The molecule has 2 heterocycles. The van der Waals surface area contributed by atoms with Crippen molar-refractivity contribution in [3.05, 3.63) is 0 Å². The number of nitrogens with zero attached hydrogens (tertiary/aromatic N) is 1. The van der Waals surface area contributed by atoms with Crippen LogP contribution in [0.4, 0.5) is 0 Å². The first-order chi connectivity index (χ1) is 13.1. The van der Waals surface area contributed by atoms with Gasteiger partial charge in [0.25, 0.3) is 0 Å². The molecule has 4 saturated carbocycles. The second-order valence-corrected chi connectivity index (χ2v) is 10.5. The van der Waals surface area contributed by atoms with Crippen molar-refractivity contribution >= 4 is 24.2 Å². The van der Waals surface area contributed by atoms with E-state index < -0.39 is 0 Å². The largest absolute Gasteiger partial charge is 0.347 e. The molecule has 2 aliphatic heterocycles. The van der Waals surface area contributed by atoms with E-state index in [1.165, 1.54) is 38.5 Å². The van der Waals surface area contributed by atoms with Gasteiger partial charge in [-0.15, -0.1) is 12.4 Å². The minimum absolute atomic E-state index is 0. The predicted octanol–water partition coefficient (Wildman–Crippen LogP) is 2.59. The first-order valence-corrected chi connectivity index (χ1v) is 11.3. The van der Waals surface area contributed by atoms with Gasteiger partial charge in [-0.2, -0.15) is 0 Å². The highest BCUT2D eigenvalue weighted by molar-refractivity contribution is 5.85. The standard InChI is InChI=1S/C22H35N3O2.ClH/c26-20(11-22-8-15-5-16(9-22)7-17(6-15)10-22)24-14-21(27)25-3-1-18-12-23-13-19(18)2-4-25;/h15-19,23H,1-14H2,(H,24,26);1H/t15?,16?,17?,18-,19+,22?;. The molecule has 6 heteroatoms. The Labute approximate surface area is 175 Å². The van der Waals surface area contributed by atoms with Crippen LogP contribution >= 0.6 is 12.4 Å². The summed E-state index contributed by atoms with van der Waals surface area (Å²) in [7, 11) is 0. The number of hydrogen-bond donors (Lipinski definition) is 2. The van der Waals surface area contributed by atoms with E-state index in [-0.39, 0.29) is 36.2 Å². The van der Waals surface area contributed by atoms with Crippen LogP contribution in [0.5, 0.6) is 0 Å². The number of amides is 2. The molecule has 0 aromatic carbocycles. The number of halogens is 1. The number of nitrogens with one attached hydrogen (secondary N) is 2. The van der Waals surface area contributed by atoms with E-state index in [1.807, 2.05) is 4.90 Å². The summed E-state index contributed by atoms with van der Waals surface area (Å²) in [6.45, 7) is 4.11. The van der Waals surface area contributed by atoms with Gasteiger partial charge in [0.05, 0.1) is 6.54 Å². The Morgan fingerprint density at radius 1 is 0.929 bits per heavy atom. The van der Waals surface area contributed by atoms with Crippen LogP contribution in [0.25, 0.3) is 0 Å². The molecule has 0 aromatic rings. The summed E-state index contributed by atoms with van der Waals surface area (Å²) in [4.78, 5) is 27.3. The summed E-state index contributed by atoms with van der Waals surface area (Å²) in [6.07, 6.45) is 10.8. The molecule has 2 amide bonds. The third-order valence-electron chi connectivity index (χ3n) is 8.51. The molecule has 0 radical (unpaired) electrons. The van der Waals surface area contributed by atoms with Crippen molar-refractivity contribution in [2.24, 2.45) is 35.0 Å². The van der Waals surface area contributed by atoms with Crippen LogP contribution < -0.4 is 10.6 Å². The van der Waals surface area contributed by atoms with E-state index in [2.05, 4.69) is 10.6 Å². The molecule has 2 N–H and O–H groups in total. The Hall–Kier alpha value is -0.810. The molecule has 6 fully saturated rings. The van der Waals surface area contributed by atoms with Gasteiger partial charge in [0.2, 0.25) is 11.8 Å². The van der Waals surface area contributed by atoms with Crippen LogP contribution in [0.15, 0.2) is 0 Å². The molecule has 4 bridgehead atoms. The van der Waals surface area contributed by atoms with E-state index in [0.717, 1.165) is 68.6 Å². The summed E-state index contributed by atoms with van der Waals surface area (Å²) in [5.41, 5.74) is 0.259. The number of likely N-dealkylation sites (tertiary alicyclic amines) is 1. The number of fused-ring (bicyclic) bond motifs is 1. The average Bonchev–Trinajstić information content (AvgIpc) is 2.96. The maximum absolute atomic E-state index is 12.7. The quantitative estimate of drug-likeness (QED) is 0.750. The Bertz CT molecular complexity index is 561. The molecule has 158 valence electrons. The zero-order valence-electron chi connectivity index (χ0n) is 17.0. The maximum Gasteiger partial charge on any atom is 0.241 e. The molecule has 4 aliphatic carbocycles. The van der Waals surface area contributed by atoms with Crippen molar-refractivity contribution in [3.8, 4) is 0 Å². The van der Waals surface area contributed by atoms with Gasteiger partial charge in [0.15, 0.2) is 0 Å². The number of rotatable bonds is 4. The van der Waals surface area contributed by atoms with Crippen LogP contribution in [0, 0.1) is 35.0 Å². The van der Waals surface area contributed by atoms with Crippen molar-refractivity contribution < 1.29 is 9.59 Å². The molecule has 28 heavy (non-hydrogen) atoms. The molecular formula is C22H36ClN3O2. The van der Waals surface area contributed by atoms with Crippen molar-refractivity contribution in [3.63, 3.8) is 0 Å². The lowest BCUT2D eigenvalue weighted by Crippen LogP contribution is -2.48. The molecule has 6 aliphatic rings. The highest BCUT2D eigenvalue weighted by atomic mass is 35.5. The van der Waals surface area contributed by atoms with Crippen LogP contribution in [-0.2, 0) is 9.59 Å². The van der Waals surface area contributed by atoms with Gasteiger partial charge in [0.1, 0.15) is 0 Å². The summed E-state index contributed by atoms with van der Waals surface area (Å²) in [6, 6.07) is 0. The number of carbonyl (C=O) groups is 2. The second-order valence-electron chi connectivity index (χ2n) is 10.5. The molecule has 0 unspecified atom stereocenters. The zero-order valence-corrected chi connectivity index (χ0v) is 17.8. The summed E-state index contributed by atoms with van der Waals surface area (Å²) in [5, 5.41) is 6.46. The molecule has 5 nitrogen and oxygen atoms in total. The molecule has 2 atom stereocenters. The fourth-order valence-corrected chi connectivity index (χ4v) is 7.66. The molecule has 0 spiro atoms. The van der Waals surface area contributed by atoms with Gasteiger partial charge in [-0.1, -0.05) is 0 Å². The monoisotopic (exact) mass is 409 g/mol. The predicted molar refractivity (Wildman–Crippen MR) is 111 cm³/mol. The Balaban J connectivity index is 0.00000192. The van der Waals surface area contributed by atoms with E-state index in [1.54, 1.807) is 0 Å². The molecule has 0 aromatic heterocycles. The maximum atomic E-state index is 12.7. The third kappa shape index (κ3) is 4.07. The minimum atomic E-state index is 0. The topological polar surface area (TPSA) is 61.4 Å². The molecule has 6 rings (SSSR count). The SMILES string of the molecule is Cl.O=C(CC12CC3CC(CC(C3)C1)C2)NCC(=O)N1CC[C@@H]2CNC[C@@H]2CC1. The first-order valence-electron chi connectivity index (χ1n) is 11.3. The highest BCUT2D eigenvalue weighted by Crippen LogP contribution is 2.61. The smallest absolute Gasteiger partial charge is 0.241 e. The third-order valence-corrected chi connectivity index (χ3v) is 8.51. The van der Waals surface area contributed by atoms with Gasteiger partial charge >= 0.3 is 0 Å². The van der Waals surface area contributed by atoms with E-state index in [4.69, 9.17) is 0 Å². The summed E-state index contributed by atoms with van der Waals surface area (Å²) in [5.74, 6) is 4.30. The molecular weight excluding hydrogens is 374 g/mol. The van der Waals surface area contributed by atoms with E-state index in [9.17, 15) is 9.59 Å². The van der Waals surface area contributed by atoms with Gasteiger partial charge in [0, 0.05) is 19.5 Å². The fraction of sp³-hybridized carbons (Fsp3) is 0.909. The highest BCUT2D eigenvalue weighted by Gasteiger charge is 2.51. The van der Waals surface area contributed by atoms with Crippen molar-refractivity contribution in [1.82, 2.24) is 15.5 Å². The molecule has 2 saturated heterocycles. The van der Waals surface area contributed by atoms with Gasteiger partial charge < -0.3 is 15.5 Å². The number of carbonyl (C=O) groups excluding carboxylic acids is 2. The fourth-order valence-electron chi connectivity index (χ4n) is 7.66. The number of hydrogen-bond acceptors (Lipinski definition) is 3. The van der Waals surface area contributed by atoms with E-state index in [0.29, 0.717) is 6.42 Å². The van der Waals surface area contributed by atoms with Gasteiger partial charge in [-0.25, -0.2) is 0 Å². The minimum Gasteiger partial charge on any atom is -0.347 e. The van der Waals surface area contributed by atoms with Crippen molar-refractivity contribution in [2.45, 2.75) is 57.8 Å². The zero-order chi connectivity index (χ0) is 18.4. The van der Waals surface area contributed by atoms with Crippen LogP contribution in [-0.4, -0.2) is 49.4 Å². The summed E-state index contributed by atoms with van der Waals surface area (Å²) >= 11 is 0. The van der Waals surface area contributed by atoms with Crippen molar-refractivity contribution in [2.75, 3.05) is 32.7 Å². The van der Waals surface area contributed by atoms with Crippen molar-refractivity contribution in [1.29, 1.82) is 0 Å². The average molecular weight is 410 g/mol. The first kappa shape index (κ1) is 20.5. The second kappa shape index (κ2) is 8.14.